The second-order valence-electron chi connectivity index (χ2n) is 2.41. The Bertz CT molecular complexity index is 238. The first kappa shape index (κ1) is 9.88. The van der Waals surface area contributed by atoms with Gasteiger partial charge in [0.2, 0.25) is 5.88 Å². The van der Waals surface area contributed by atoms with Crippen LogP contribution >= 0.6 is 0 Å². The topological polar surface area (TPSA) is 70.3 Å². The molecule has 1 aromatic heterocycles. The highest BCUT2D eigenvalue weighted by Gasteiger charge is 1.96. The van der Waals surface area contributed by atoms with Gasteiger partial charge in [-0.05, 0) is 6.07 Å². The number of ether oxygens (including phenoxy) is 2. The van der Waals surface area contributed by atoms with Crippen molar-refractivity contribution >= 4 is 0 Å². The molecule has 0 bridgehead atoms. The third kappa shape index (κ3) is 3.35. The highest BCUT2D eigenvalue weighted by Crippen LogP contribution is 2.03. The predicted molar refractivity (Wildman–Crippen MR) is 47.3 cm³/mol. The Morgan fingerprint density at radius 1 is 1.31 bits per heavy atom. The summed E-state index contributed by atoms with van der Waals surface area (Å²) in [6, 6.07) is 3.53. The van der Waals surface area contributed by atoms with Gasteiger partial charge in [-0.25, -0.2) is 0 Å². The Morgan fingerprint density at radius 2 is 2.15 bits per heavy atom. The largest absolute Gasteiger partial charge is 0.474 e. The van der Waals surface area contributed by atoms with E-state index in [1.807, 2.05) is 0 Å². The van der Waals surface area contributed by atoms with Crippen molar-refractivity contribution in [1.29, 1.82) is 0 Å². The van der Waals surface area contributed by atoms with Gasteiger partial charge in [-0.15, -0.1) is 5.10 Å². The Kier molecular flexibility index (Phi) is 4.14. The van der Waals surface area contributed by atoms with Crippen LogP contribution in [-0.4, -0.2) is 30.5 Å². The number of nitrogens with two attached hydrogens (primary N) is 1. The van der Waals surface area contributed by atoms with Crippen molar-refractivity contribution < 1.29 is 9.47 Å². The van der Waals surface area contributed by atoms with Crippen molar-refractivity contribution in [2.45, 2.75) is 6.54 Å². The molecular formula is C8H13N3O2. The molecule has 5 heteroatoms. The van der Waals surface area contributed by atoms with Gasteiger partial charge < -0.3 is 15.2 Å². The van der Waals surface area contributed by atoms with E-state index >= 15 is 0 Å². The summed E-state index contributed by atoms with van der Waals surface area (Å²) < 4.78 is 10.0. The summed E-state index contributed by atoms with van der Waals surface area (Å²) in [7, 11) is 1.62. The number of methoxy groups -OCH3 is 1. The SMILES string of the molecule is COCCOc1ccc(CN)nn1. The molecule has 0 saturated carbocycles. The molecule has 0 unspecified atom stereocenters. The van der Waals surface area contributed by atoms with Crippen molar-refractivity contribution in [1.82, 2.24) is 10.2 Å². The maximum absolute atomic E-state index is 5.36. The second-order valence-corrected chi connectivity index (χ2v) is 2.41. The zero-order chi connectivity index (χ0) is 9.52. The first-order valence-electron chi connectivity index (χ1n) is 4.01. The van der Waals surface area contributed by atoms with E-state index in [-0.39, 0.29) is 0 Å². The van der Waals surface area contributed by atoms with Crippen LogP contribution in [0.5, 0.6) is 5.88 Å². The molecular weight excluding hydrogens is 170 g/mol. The highest BCUT2D eigenvalue weighted by atomic mass is 16.5. The van der Waals surface area contributed by atoms with Crippen LogP contribution in [0.25, 0.3) is 0 Å². The highest BCUT2D eigenvalue weighted by molar-refractivity contribution is 5.10. The van der Waals surface area contributed by atoms with E-state index in [2.05, 4.69) is 10.2 Å². The van der Waals surface area contributed by atoms with Gasteiger partial charge in [0.25, 0.3) is 0 Å². The Hall–Kier alpha value is -1.20. The molecule has 0 atom stereocenters. The fraction of sp³-hybridized carbons (Fsp3) is 0.500. The summed E-state index contributed by atoms with van der Waals surface area (Å²) >= 11 is 0. The predicted octanol–water partition coefficient (Wildman–Crippen LogP) is -0.0395. The zero-order valence-corrected chi connectivity index (χ0v) is 7.56. The minimum Gasteiger partial charge on any atom is -0.474 e. The molecule has 13 heavy (non-hydrogen) atoms. The third-order valence-corrected chi connectivity index (χ3v) is 1.44. The van der Waals surface area contributed by atoms with Gasteiger partial charge in [-0.1, -0.05) is 0 Å². The van der Waals surface area contributed by atoms with Gasteiger partial charge in [-0.3, -0.25) is 0 Å². The minimum atomic E-state index is 0.394. The first-order valence-corrected chi connectivity index (χ1v) is 4.01. The van der Waals surface area contributed by atoms with Crippen molar-refractivity contribution in [2.75, 3.05) is 20.3 Å². The van der Waals surface area contributed by atoms with Crippen LogP contribution < -0.4 is 10.5 Å². The van der Waals surface area contributed by atoms with E-state index in [1.54, 1.807) is 19.2 Å². The lowest BCUT2D eigenvalue weighted by atomic mass is 10.4. The van der Waals surface area contributed by atoms with E-state index in [4.69, 9.17) is 15.2 Å². The second kappa shape index (κ2) is 5.45. The Labute approximate surface area is 76.9 Å². The third-order valence-electron chi connectivity index (χ3n) is 1.44. The first-order chi connectivity index (χ1) is 6.36. The van der Waals surface area contributed by atoms with E-state index in [9.17, 15) is 0 Å². The molecule has 0 aliphatic heterocycles. The summed E-state index contributed by atoms with van der Waals surface area (Å²) in [5, 5.41) is 7.65. The summed E-state index contributed by atoms with van der Waals surface area (Å²) in [5.74, 6) is 0.495. The van der Waals surface area contributed by atoms with Crippen LogP contribution in [0.3, 0.4) is 0 Å². The fourth-order valence-corrected chi connectivity index (χ4v) is 0.763. The molecule has 2 N–H and O–H groups in total. The smallest absolute Gasteiger partial charge is 0.233 e. The van der Waals surface area contributed by atoms with Crippen molar-refractivity contribution in [3.8, 4) is 5.88 Å². The quantitative estimate of drug-likeness (QED) is 0.648. The summed E-state index contributed by atoms with van der Waals surface area (Å²) in [4.78, 5) is 0. The molecule has 72 valence electrons. The maximum Gasteiger partial charge on any atom is 0.233 e. The fourth-order valence-electron chi connectivity index (χ4n) is 0.763. The maximum atomic E-state index is 5.36. The van der Waals surface area contributed by atoms with Gasteiger partial charge >= 0.3 is 0 Å². The van der Waals surface area contributed by atoms with Crippen molar-refractivity contribution in [3.63, 3.8) is 0 Å². The average Bonchev–Trinajstić information content (AvgIpc) is 2.19. The number of nitrogens with zero attached hydrogens (tertiary/aromatic N) is 2. The van der Waals surface area contributed by atoms with E-state index < -0.39 is 0 Å². The van der Waals surface area contributed by atoms with Crippen LogP contribution in [0.15, 0.2) is 12.1 Å². The van der Waals surface area contributed by atoms with E-state index in [1.165, 1.54) is 0 Å². The van der Waals surface area contributed by atoms with Gasteiger partial charge in [-0.2, -0.15) is 5.10 Å². The van der Waals surface area contributed by atoms with Crippen LogP contribution in [0, 0.1) is 0 Å². The summed E-state index contributed by atoms with van der Waals surface area (Å²) in [5.41, 5.74) is 6.11. The van der Waals surface area contributed by atoms with Crippen LogP contribution in [0.1, 0.15) is 5.69 Å². The molecule has 0 saturated heterocycles. The number of hydrogen-bond acceptors (Lipinski definition) is 5. The van der Waals surface area contributed by atoms with Crippen molar-refractivity contribution in [2.24, 2.45) is 5.73 Å². The normalized spacial score (nSPS) is 10.0. The molecule has 5 nitrogen and oxygen atoms in total. The molecule has 1 heterocycles. The molecule has 0 aliphatic carbocycles. The summed E-state index contributed by atoms with van der Waals surface area (Å²) in [6.45, 7) is 1.42. The lowest BCUT2D eigenvalue weighted by Gasteiger charge is -2.03. The van der Waals surface area contributed by atoms with E-state index in [0.717, 1.165) is 5.69 Å². The van der Waals surface area contributed by atoms with Crippen LogP contribution in [-0.2, 0) is 11.3 Å². The van der Waals surface area contributed by atoms with Gasteiger partial charge in [0.15, 0.2) is 0 Å². The molecule has 1 aromatic rings. The lowest BCUT2D eigenvalue weighted by Crippen LogP contribution is -2.07. The molecule has 0 aliphatic rings. The molecule has 0 aromatic carbocycles. The average molecular weight is 183 g/mol. The van der Waals surface area contributed by atoms with Gasteiger partial charge in [0.05, 0.1) is 12.3 Å². The molecule has 1 rings (SSSR count). The molecule has 0 spiro atoms. The van der Waals surface area contributed by atoms with E-state index in [0.29, 0.717) is 25.6 Å². The lowest BCUT2D eigenvalue weighted by molar-refractivity contribution is 0.143. The Morgan fingerprint density at radius 3 is 2.69 bits per heavy atom. The zero-order valence-electron chi connectivity index (χ0n) is 7.56. The van der Waals surface area contributed by atoms with Crippen LogP contribution in [0.4, 0.5) is 0 Å². The monoisotopic (exact) mass is 183 g/mol. The van der Waals surface area contributed by atoms with Gasteiger partial charge in [0.1, 0.15) is 6.61 Å². The van der Waals surface area contributed by atoms with Crippen LogP contribution in [0.2, 0.25) is 0 Å². The van der Waals surface area contributed by atoms with Crippen molar-refractivity contribution in [3.05, 3.63) is 17.8 Å². The molecule has 0 amide bonds. The number of hydrogen-bond donors (Lipinski definition) is 1. The van der Waals surface area contributed by atoms with Gasteiger partial charge in [0, 0.05) is 19.7 Å². The molecule has 0 radical (unpaired) electrons. The number of rotatable bonds is 5. The standard InChI is InChI=1S/C8H13N3O2/c1-12-4-5-13-8-3-2-7(6-9)10-11-8/h2-3H,4-6,9H2,1H3. The number of aromatic nitrogens is 2. The Balaban J connectivity index is 2.40. The minimum absolute atomic E-state index is 0.394. The molecule has 0 fully saturated rings. The summed E-state index contributed by atoms with van der Waals surface area (Å²) in [6.07, 6.45) is 0.